The van der Waals surface area contributed by atoms with E-state index in [2.05, 4.69) is 10.4 Å². The summed E-state index contributed by atoms with van der Waals surface area (Å²) in [5.41, 5.74) is 0.606. The number of nitrogens with zero attached hydrogens (tertiary/aromatic N) is 2. The maximum atomic E-state index is 11.1. The lowest BCUT2D eigenvalue weighted by atomic mass is 10.3. The Morgan fingerprint density at radius 3 is 2.62 bits per heavy atom. The van der Waals surface area contributed by atoms with E-state index in [9.17, 15) is 4.79 Å². The number of rotatable bonds is 2. The molecular weight excluding hydrogens is 166 g/mol. The van der Waals surface area contributed by atoms with Gasteiger partial charge in [0.1, 0.15) is 0 Å². The molecule has 1 rings (SSSR count). The summed E-state index contributed by atoms with van der Waals surface area (Å²) >= 11 is 0. The SMILES string of the molecule is CC.CCNC(=O)c1cnn(C)c1. The summed E-state index contributed by atoms with van der Waals surface area (Å²) in [5.74, 6) is -0.0689. The van der Waals surface area contributed by atoms with Gasteiger partial charge >= 0.3 is 0 Å². The highest BCUT2D eigenvalue weighted by Crippen LogP contribution is 1.94. The third-order valence-corrected chi connectivity index (χ3v) is 1.30. The van der Waals surface area contributed by atoms with Crippen LogP contribution in [0.15, 0.2) is 12.4 Å². The lowest BCUT2D eigenvalue weighted by Crippen LogP contribution is -2.22. The monoisotopic (exact) mass is 183 g/mol. The van der Waals surface area contributed by atoms with Gasteiger partial charge in [0.25, 0.3) is 5.91 Å². The van der Waals surface area contributed by atoms with E-state index in [1.165, 1.54) is 0 Å². The van der Waals surface area contributed by atoms with Crippen molar-refractivity contribution >= 4 is 5.91 Å². The van der Waals surface area contributed by atoms with Gasteiger partial charge in [-0.1, -0.05) is 13.8 Å². The minimum Gasteiger partial charge on any atom is -0.352 e. The Kier molecular flexibility index (Phi) is 5.59. The maximum absolute atomic E-state index is 11.1. The summed E-state index contributed by atoms with van der Waals surface area (Å²) in [4.78, 5) is 11.1. The van der Waals surface area contributed by atoms with Crippen LogP contribution in [0, 0.1) is 0 Å². The molecule has 0 spiro atoms. The fourth-order valence-corrected chi connectivity index (χ4v) is 0.801. The van der Waals surface area contributed by atoms with Crippen molar-refractivity contribution in [1.82, 2.24) is 15.1 Å². The van der Waals surface area contributed by atoms with Crippen LogP contribution >= 0.6 is 0 Å². The van der Waals surface area contributed by atoms with Crippen molar-refractivity contribution in [3.63, 3.8) is 0 Å². The predicted molar refractivity (Wildman–Crippen MR) is 52.6 cm³/mol. The number of amides is 1. The Hall–Kier alpha value is -1.32. The number of carbonyl (C=O) groups is 1. The second-order valence-corrected chi connectivity index (χ2v) is 2.26. The minimum atomic E-state index is -0.0689. The van der Waals surface area contributed by atoms with Gasteiger partial charge in [-0.05, 0) is 6.92 Å². The van der Waals surface area contributed by atoms with Crippen LogP contribution in [0.2, 0.25) is 0 Å². The van der Waals surface area contributed by atoms with Crippen LogP contribution in [0.25, 0.3) is 0 Å². The first-order valence-electron chi connectivity index (χ1n) is 4.51. The summed E-state index contributed by atoms with van der Waals surface area (Å²) < 4.78 is 1.60. The molecule has 0 aliphatic heterocycles. The van der Waals surface area contributed by atoms with Crippen LogP contribution in [-0.2, 0) is 7.05 Å². The molecule has 1 aromatic heterocycles. The summed E-state index contributed by atoms with van der Waals surface area (Å²) in [6, 6.07) is 0. The van der Waals surface area contributed by atoms with Crippen LogP contribution in [-0.4, -0.2) is 22.2 Å². The maximum Gasteiger partial charge on any atom is 0.254 e. The molecule has 13 heavy (non-hydrogen) atoms. The van der Waals surface area contributed by atoms with Crippen LogP contribution < -0.4 is 5.32 Å². The zero-order valence-corrected chi connectivity index (χ0v) is 8.66. The molecule has 0 saturated heterocycles. The number of aromatic nitrogens is 2. The normalized spacial score (nSPS) is 8.62. The highest BCUT2D eigenvalue weighted by atomic mass is 16.1. The first-order valence-corrected chi connectivity index (χ1v) is 4.51. The molecule has 0 aliphatic rings. The molecule has 0 aromatic carbocycles. The lowest BCUT2D eigenvalue weighted by molar-refractivity contribution is 0.0956. The molecule has 4 nitrogen and oxygen atoms in total. The molecule has 1 N–H and O–H groups in total. The second kappa shape index (κ2) is 6.22. The summed E-state index contributed by atoms with van der Waals surface area (Å²) in [7, 11) is 1.78. The molecule has 1 amide bonds. The van der Waals surface area contributed by atoms with Crippen molar-refractivity contribution in [2.45, 2.75) is 20.8 Å². The molecule has 4 heteroatoms. The fourth-order valence-electron chi connectivity index (χ4n) is 0.801. The van der Waals surface area contributed by atoms with Gasteiger partial charge in [-0.2, -0.15) is 5.10 Å². The van der Waals surface area contributed by atoms with Crippen molar-refractivity contribution in [2.24, 2.45) is 7.05 Å². The van der Waals surface area contributed by atoms with E-state index in [1.54, 1.807) is 24.1 Å². The van der Waals surface area contributed by atoms with E-state index in [0.717, 1.165) is 0 Å². The quantitative estimate of drug-likeness (QED) is 0.748. The largest absolute Gasteiger partial charge is 0.352 e. The first-order chi connectivity index (χ1) is 6.24. The Morgan fingerprint density at radius 2 is 2.23 bits per heavy atom. The molecule has 0 unspecified atom stereocenters. The Labute approximate surface area is 78.9 Å². The van der Waals surface area contributed by atoms with E-state index < -0.39 is 0 Å². The molecular formula is C9H17N3O. The third-order valence-electron chi connectivity index (χ3n) is 1.30. The van der Waals surface area contributed by atoms with Crippen LogP contribution in [0.1, 0.15) is 31.1 Å². The smallest absolute Gasteiger partial charge is 0.254 e. The van der Waals surface area contributed by atoms with E-state index in [0.29, 0.717) is 12.1 Å². The summed E-state index contributed by atoms with van der Waals surface area (Å²) in [6.45, 7) is 6.53. The van der Waals surface area contributed by atoms with E-state index in [4.69, 9.17) is 0 Å². The van der Waals surface area contributed by atoms with Gasteiger partial charge in [-0.15, -0.1) is 0 Å². The third kappa shape index (κ3) is 3.73. The van der Waals surface area contributed by atoms with Gasteiger partial charge in [0, 0.05) is 19.8 Å². The standard InChI is InChI=1S/C7H11N3O.C2H6/c1-3-8-7(11)6-4-9-10(2)5-6;1-2/h4-5H,3H2,1-2H3,(H,8,11);1-2H3. The van der Waals surface area contributed by atoms with Crippen molar-refractivity contribution in [1.29, 1.82) is 0 Å². The molecule has 0 bridgehead atoms. The Balaban J connectivity index is 0.000000671. The molecule has 74 valence electrons. The molecule has 0 aliphatic carbocycles. The molecule has 1 heterocycles. The molecule has 0 atom stereocenters. The zero-order chi connectivity index (χ0) is 10.3. The minimum absolute atomic E-state index is 0.0689. The van der Waals surface area contributed by atoms with Gasteiger partial charge in [-0.25, -0.2) is 0 Å². The highest BCUT2D eigenvalue weighted by Gasteiger charge is 2.04. The number of nitrogens with one attached hydrogen (secondary N) is 1. The van der Waals surface area contributed by atoms with Crippen LogP contribution in [0.5, 0.6) is 0 Å². The second-order valence-electron chi connectivity index (χ2n) is 2.26. The Bertz CT molecular complexity index is 255. The number of hydrogen-bond donors (Lipinski definition) is 1. The van der Waals surface area contributed by atoms with Gasteiger partial charge < -0.3 is 5.32 Å². The van der Waals surface area contributed by atoms with Crippen molar-refractivity contribution in [3.05, 3.63) is 18.0 Å². The average molecular weight is 183 g/mol. The predicted octanol–water partition coefficient (Wildman–Crippen LogP) is 1.20. The van der Waals surface area contributed by atoms with Gasteiger partial charge in [0.15, 0.2) is 0 Å². The first kappa shape index (κ1) is 11.7. The summed E-state index contributed by atoms with van der Waals surface area (Å²) in [5, 5.41) is 6.56. The molecule has 0 fully saturated rings. The van der Waals surface area contributed by atoms with Gasteiger partial charge in [0.05, 0.1) is 11.8 Å². The summed E-state index contributed by atoms with van der Waals surface area (Å²) in [6.07, 6.45) is 3.23. The van der Waals surface area contributed by atoms with Crippen LogP contribution in [0.3, 0.4) is 0 Å². The zero-order valence-electron chi connectivity index (χ0n) is 8.66. The van der Waals surface area contributed by atoms with Crippen molar-refractivity contribution in [3.8, 4) is 0 Å². The van der Waals surface area contributed by atoms with Gasteiger partial charge in [0.2, 0.25) is 0 Å². The number of aryl methyl sites for hydroxylation is 1. The lowest BCUT2D eigenvalue weighted by Gasteiger charge is -1.95. The molecule has 0 radical (unpaired) electrons. The van der Waals surface area contributed by atoms with Crippen LogP contribution in [0.4, 0.5) is 0 Å². The van der Waals surface area contributed by atoms with Gasteiger partial charge in [-0.3, -0.25) is 9.48 Å². The van der Waals surface area contributed by atoms with Crippen molar-refractivity contribution in [2.75, 3.05) is 6.54 Å². The molecule has 1 aromatic rings. The van der Waals surface area contributed by atoms with E-state index >= 15 is 0 Å². The number of carbonyl (C=O) groups excluding carboxylic acids is 1. The van der Waals surface area contributed by atoms with E-state index in [-0.39, 0.29) is 5.91 Å². The Morgan fingerprint density at radius 1 is 1.62 bits per heavy atom. The van der Waals surface area contributed by atoms with Crippen molar-refractivity contribution < 1.29 is 4.79 Å². The topological polar surface area (TPSA) is 46.9 Å². The fraction of sp³-hybridized carbons (Fsp3) is 0.556. The van der Waals surface area contributed by atoms with E-state index in [1.807, 2.05) is 20.8 Å². The average Bonchev–Trinajstić information content (AvgIpc) is 2.56. The number of hydrogen-bond acceptors (Lipinski definition) is 2. The molecule has 0 saturated carbocycles. The highest BCUT2D eigenvalue weighted by molar-refractivity contribution is 5.93.